The lowest BCUT2D eigenvalue weighted by atomic mass is 10.2. The van der Waals surface area contributed by atoms with Crippen LogP contribution in [-0.4, -0.2) is 29.0 Å². The van der Waals surface area contributed by atoms with Gasteiger partial charge in [-0.1, -0.05) is 0 Å². The Bertz CT molecular complexity index is 367. The third-order valence-corrected chi connectivity index (χ3v) is 3.54. The molecule has 1 atom stereocenters. The Hall–Kier alpha value is -1.21. The van der Waals surface area contributed by atoms with Crippen molar-refractivity contribution in [1.29, 1.82) is 0 Å². The summed E-state index contributed by atoms with van der Waals surface area (Å²) in [5.41, 5.74) is 5.63. The minimum Gasteiger partial charge on any atom is -0.344 e. The molecule has 2 N–H and O–H groups in total. The van der Waals surface area contributed by atoms with Crippen LogP contribution in [0.3, 0.4) is 0 Å². The van der Waals surface area contributed by atoms with Crippen molar-refractivity contribution < 1.29 is 4.92 Å². The van der Waals surface area contributed by atoms with Crippen LogP contribution >= 0.6 is 11.3 Å². The summed E-state index contributed by atoms with van der Waals surface area (Å²) in [7, 11) is 0. The first-order valence-corrected chi connectivity index (χ1v) is 5.61. The van der Waals surface area contributed by atoms with Gasteiger partial charge in [-0.05, 0) is 24.2 Å². The molecule has 0 aliphatic carbocycles. The van der Waals surface area contributed by atoms with Crippen molar-refractivity contribution >= 4 is 21.5 Å². The fourth-order valence-electron chi connectivity index (χ4n) is 1.81. The van der Waals surface area contributed by atoms with Gasteiger partial charge in [-0.25, -0.2) is 4.98 Å². The number of rotatable bonds is 3. The SMILES string of the molecule is NCC1CCCN1c1ncc([N+](=O)[O-])s1. The van der Waals surface area contributed by atoms with E-state index in [2.05, 4.69) is 9.88 Å². The smallest absolute Gasteiger partial charge is 0.344 e. The molecule has 82 valence electrons. The maximum atomic E-state index is 10.5. The molecule has 0 radical (unpaired) electrons. The van der Waals surface area contributed by atoms with E-state index in [1.165, 1.54) is 6.20 Å². The van der Waals surface area contributed by atoms with E-state index in [0.717, 1.165) is 35.9 Å². The Balaban J connectivity index is 2.18. The number of anilines is 1. The number of hydrogen-bond donors (Lipinski definition) is 1. The van der Waals surface area contributed by atoms with E-state index < -0.39 is 4.92 Å². The van der Waals surface area contributed by atoms with Crippen molar-refractivity contribution in [3.05, 3.63) is 16.3 Å². The Morgan fingerprint density at radius 3 is 3.20 bits per heavy atom. The molecule has 0 amide bonds. The lowest BCUT2D eigenvalue weighted by Crippen LogP contribution is -2.35. The first-order valence-electron chi connectivity index (χ1n) is 4.79. The third kappa shape index (κ3) is 1.93. The Kier molecular flexibility index (Phi) is 2.83. The predicted octanol–water partition coefficient (Wildman–Crippen LogP) is 0.979. The van der Waals surface area contributed by atoms with E-state index in [9.17, 15) is 10.1 Å². The van der Waals surface area contributed by atoms with Gasteiger partial charge in [0.25, 0.3) is 0 Å². The van der Waals surface area contributed by atoms with Gasteiger partial charge in [-0.15, -0.1) is 0 Å². The first kappa shape index (κ1) is 10.3. The normalized spacial score (nSPS) is 20.9. The second-order valence-corrected chi connectivity index (χ2v) is 4.45. The second kappa shape index (κ2) is 4.11. The standard InChI is InChI=1S/C8H12N4O2S/c9-4-6-2-1-3-11(6)8-10-5-7(15-8)12(13)14/h5-6H,1-4,9H2. The lowest BCUT2D eigenvalue weighted by Gasteiger charge is -2.21. The zero-order valence-electron chi connectivity index (χ0n) is 8.13. The van der Waals surface area contributed by atoms with Gasteiger partial charge < -0.3 is 10.6 Å². The highest BCUT2D eigenvalue weighted by Gasteiger charge is 2.27. The maximum absolute atomic E-state index is 10.5. The lowest BCUT2D eigenvalue weighted by molar-refractivity contribution is -0.380. The van der Waals surface area contributed by atoms with Gasteiger partial charge >= 0.3 is 5.00 Å². The zero-order valence-corrected chi connectivity index (χ0v) is 8.94. The van der Waals surface area contributed by atoms with Gasteiger partial charge in [0.05, 0.1) is 4.92 Å². The number of nitrogens with zero attached hydrogens (tertiary/aromatic N) is 3. The monoisotopic (exact) mass is 228 g/mol. The average Bonchev–Trinajstić information content (AvgIpc) is 2.85. The molecule has 0 spiro atoms. The van der Waals surface area contributed by atoms with Crippen LogP contribution in [-0.2, 0) is 0 Å². The number of nitro groups is 1. The average molecular weight is 228 g/mol. The molecule has 0 saturated carbocycles. The fraction of sp³-hybridized carbons (Fsp3) is 0.625. The van der Waals surface area contributed by atoms with E-state index >= 15 is 0 Å². The Morgan fingerprint density at radius 1 is 1.80 bits per heavy atom. The van der Waals surface area contributed by atoms with Crippen molar-refractivity contribution in [3.63, 3.8) is 0 Å². The quantitative estimate of drug-likeness (QED) is 0.615. The summed E-state index contributed by atoms with van der Waals surface area (Å²) in [6, 6.07) is 0.288. The fourth-order valence-corrected chi connectivity index (χ4v) is 2.64. The molecule has 0 aromatic carbocycles. The second-order valence-electron chi connectivity index (χ2n) is 3.46. The number of aromatic nitrogens is 1. The van der Waals surface area contributed by atoms with E-state index in [0.29, 0.717) is 6.54 Å². The molecule has 6 nitrogen and oxygen atoms in total. The van der Waals surface area contributed by atoms with E-state index in [-0.39, 0.29) is 11.0 Å². The van der Waals surface area contributed by atoms with Gasteiger partial charge in [-0.2, -0.15) is 0 Å². The molecule has 7 heteroatoms. The summed E-state index contributed by atoms with van der Waals surface area (Å²) in [6.45, 7) is 1.47. The van der Waals surface area contributed by atoms with Crippen molar-refractivity contribution in [2.45, 2.75) is 18.9 Å². The molecule has 1 saturated heterocycles. The van der Waals surface area contributed by atoms with Gasteiger partial charge in [0, 0.05) is 19.1 Å². The summed E-state index contributed by atoms with van der Waals surface area (Å²) in [5.74, 6) is 0. The van der Waals surface area contributed by atoms with Gasteiger partial charge in [-0.3, -0.25) is 10.1 Å². The number of nitrogens with two attached hydrogens (primary N) is 1. The maximum Gasteiger partial charge on any atom is 0.345 e. The molecule has 2 rings (SSSR count). The highest BCUT2D eigenvalue weighted by Crippen LogP contribution is 2.32. The highest BCUT2D eigenvalue weighted by atomic mass is 32.1. The zero-order chi connectivity index (χ0) is 10.8. The predicted molar refractivity (Wildman–Crippen MR) is 58.2 cm³/mol. The molecular weight excluding hydrogens is 216 g/mol. The molecular formula is C8H12N4O2S. The Labute approximate surface area is 90.9 Å². The summed E-state index contributed by atoms with van der Waals surface area (Å²) in [4.78, 5) is 16.2. The molecule has 1 unspecified atom stereocenters. The largest absolute Gasteiger partial charge is 0.345 e. The van der Waals surface area contributed by atoms with Crippen molar-refractivity contribution in [1.82, 2.24) is 4.98 Å². The van der Waals surface area contributed by atoms with Gasteiger partial charge in [0.1, 0.15) is 6.20 Å². The summed E-state index contributed by atoms with van der Waals surface area (Å²) in [5, 5.41) is 11.3. The third-order valence-electron chi connectivity index (χ3n) is 2.56. The van der Waals surface area contributed by atoms with Crippen molar-refractivity contribution in [3.8, 4) is 0 Å². The van der Waals surface area contributed by atoms with Gasteiger partial charge in [0.2, 0.25) is 0 Å². The molecule has 1 aliphatic heterocycles. The molecule has 15 heavy (non-hydrogen) atoms. The first-order chi connectivity index (χ1) is 7.22. The topological polar surface area (TPSA) is 85.3 Å². The van der Waals surface area contributed by atoms with E-state index in [1.54, 1.807) is 0 Å². The summed E-state index contributed by atoms with van der Waals surface area (Å²) < 4.78 is 0. The van der Waals surface area contributed by atoms with Gasteiger partial charge in [0.15, 0.2) is 5.13 Å². The number of hydrogen-bond acceptors (Lipinski definition) is 6. The van der Waals surface area contributed by atoms with Crippen LogP contribution in [0.2, 0.25) is 0 Å². The van der Waals surface area contributed by atoms with Crippen LogP contribution in [0.5, 0.6) is 0 Å². The molecule has 1 aliphatic rings. The molecule has 2 heterocycles. The van der Waals surface area contributed by atoms with Crippen LogP contribution in [0.1, 0.15) is 12.8 Å². The van der Waals surface area contributed by atoms with Crippen molar-refractivity contribution in [2.24, 2.45) is 5.73 Å². The van der Waals surface area contributed by atoms with Crippen molar-refractivity contribution in [2.75, 3.05) is 18.0 Å². The van der Waals surface area contributed by atoms with Crippen LogP contribution in [0.15, 0.2) is 6.20 Å². The Morgan fingerprint density at radius 2 is 2.60 bits per heavy atom. The minimum absolute atomic E-state index is 0.0904. The molecule has 1 aromatic heterocycles. The van der Waals surface area contributed by atoms with Crippen LogP contribution < -0.4 is 10.6 Å². The molecule has 0 bridgehead atoms. The highest BCUT2D eigenvalue weighted by molar-refractivity contribution is 7.18. The summed E-state index contributed by atoms with van der Waals surface area (Å²) in [6.07, 6.45) is 3.44. The van der Waals surface area contributed by atoms with E-state index in [1.807, 2.05) is 0 Å². The van der Waals surface area contributed by atoms with Crippen LogP contribution in [0.25, 0.3) is 0 Å². The summed E-state index contributed by atoms with van der Waals surface area (Å²) >= 11 is 1.12. The molecule has 1 fully saturated rings. The molecule has 1 aromatic rings. The number of thiazole rings is 1. The minimum atomic E-state index is -0.408. The van der Waals surface area contributed by atoms with E-state index in [4.69, 9.17) is 5.73 Å². The van der Waals surface area contributed by atoms with Crippen LogP contribution in [0.4, 0.5) is 10.1 Å². The van der Waals surface area contributed by atoms with Crippen LogP contribution in [0, 0.1) is 10.1 Å².